The third-order valence-electron chi connectivity index (χ3n) is 10.5. The number of nitrogens with zero attached hydrogens (tertiary/aromatic N) is 1. The number of aromatic nitrogens is 1. The predicted octanol–water partition coefficient (Wildman–Crippen LogP) is 10.6. The first-order valence-electron chi connectivity index (χ1n) is 15.2. The van der Waals surface area contributed by atoms with Crippen LogP contribution in [0.15, 0.2) is 135 Å². The van der Waals surface area contributed by atoms with Gasteiger partial charge in [0.2, 0.25) is 0 Å². The van der Waals surface area contributed by atoms with E-state index in [1.807, 2.05) is 0 Å². The monoisotopic (exact) mass is 573 g/mol. The molecule has 0 fully saturated rings. The molecule has 2 aromatic heterocycles. The molecule has 0 saturated heterocycles. The van der Waals surface area contributed by atoms with E-state index in [4.69, 9.17) is 4.42 Å². The highest BCUT2D eigenvalue weighted by molar-refractivity contribution is 8.32. The maximum Gasteiger partial charge on any atom is 0.135 e. The second-order valence-corrected chi connectivity index (χ2v) is 16.5. The van der Waals surface area contributed by atoms with Crippen molar-refractivity contribution in [3.05, 3.63) is 138 Å². The minimum absolute atomic E-state index is 0.447. The molecule has 5 aromatic carbocycles. The molecule has 0 N–H and O–H groups in total. The molecule has 7 aromatic rings. The van der Waals surface area contributed by atoms with Gasteiger partial charge in [-0.25, -0.2) is 0 Å². The van der Waals surface area contributed by atoms with Gasteiger partial charge in [-0.15, -0.1) is 0 Å². The lowest BCUT2D eigenvalue weighted by molar-refractivity contribution is 0.640. The minimum atomic E-state index is -1.33. The fraction of sp³-hybridized carbons (Fsp3) is 0.150. The molecule has 2 atom stereocenters. The van der Waals surface area contributed by atoms with Crippen LogP contribution in [0.1, 0.15) is 30.0 Å². The Bertz CT molecular complexity index is 2430. The minimum Gasteiger partial charge on any atom is -0.456 e. The van der Waals surface area contributed by atoms with Crippen molar-refractivity contribution in [2.75, 3.05) is 12.5 Å². The fourth-order valence-corrected chi connectivity index (χ4v) is 11.3. The molecule has 2 aliphatic heterocycles. The number of benzene rings is 5. The van der Waals surface area contributed by atoms with E-state index in [-0.39, 0.29) is 0 Å². The zero-order valence-corrected chi connectivity index (χ0v) is 25.3. The summed E-state index contributed by atoms with van der Waals surface area (Å²) >= 11 is 0. The van der Waals surface area contributed by atoms with Crippen LogP contribution >= 0.6 is 10.0 Å². The van der Waals surface area contributed by atoms with E-state index in [9.17, 15) is 0 Å². The Hall–Kier alpha value is -4.47. The van der Waals surface area contributed by atoms with Gasteiger partial charge in [0.05, 0.1) is 16.4 Å². The summed E-state index contributed by atoms with van der Waals surface area (Å²) in [5.41, 5.74) is 11.2. The van der Waals surface area contributed by atoms with Gasteiger partial charge in [-0.3, -0.25) is 0 Å². The predicted molar refractivity (Wildman–Crippen MR) is 182 cm³/mol. The first-order valence-corrected chi connectivity index (χ1v) is 17.7. The Kier molecular flexibility index (Phi) is 4.42. The molecule has 4 heterocycles. The molecule has 10 rings (SSSR count). The van der Waals surface area contributed by atoms with Gasteiger partial charge < -0.3 is 8.98 Å². The van der Waals surface area contributed by atoms with Crippen molar-refractivity contribution in [3.8, 4) is 0 Å². The van der Waals surface area contributed by atoms with Crippen LogP contribution in [0, 0.1) is 5.92 Å². The van der Waals surface area contributed by atoms with Crippen molar-refractivity contribution in [1.82, 2.24) is 4.57 Å². The molecule has 208 valence electrons. The summed E-state index contributed by atoms with van der Waals surface area (Å²) in [7, 11) is -1.33. The van der Waals surface area contributed by atoms with Crippen LogP contribution in [0.2, 0.25) is 0 Å². The molecule has 2 unspecified atom stereocenters. The SMILES string of the molecule is CC1C=CC2=C(C1)n1c3ccccc3c3cccc(c31)C21c2ccccc2S(C)(C)c2cc3c(cc21)oc1ccccc13. The molecule has 1 spiro atoms. The fourth-order valence-electron chi connectivity index (χ4n) is 8.67. The average Bonchev–Trinajstić information content (AvgIpc) is 3.57. The Morgan fingerprint density at radius 3 is 2.35 bits per heavy atom. The normalized spacial score (nSPS) is 22.3. The van der Waals surface area contributed by atoms with Crippen LogP contribution in [0.3, 0.4) is 0 Å². The Balaban J connectivity index is 1.47. The highest BCUT2D eigenvalue weighted by Crippen LogP contribution is 2.71. The Morgan fingerprint density at radius 1 is 0.698 bits per heavy atom. The van der Waals surface area contributed by atoms with Crippen LogP contribution in [-0.4, -0.2) is 17.1 Å². The average molecular weight is 574 g/mol. The lowest BCUT2D eigenvalue weighted by Crippen LogP contribution is -2.40. The number of hydrogen-bond acceptors (Lipinski definition) is 1. The second kappa shape index (κ2) is 7.92. The van der Waals surface area contributed by atoms with E-state index in [0.29, 0.717) is 5.92 Å². The van der Waals surface area contributed by atoms with Gasteiger partial charge in [0.25, 0.3) is 0 Å². The molecule has 0 amide bonds. The molecule has 3 aliphatic rings. The number of hydrogen-bond donors (Lipinski definition) is 0. The van der Waals surface area contributed by atoms with Crippen LogP contribution in [0.5, 0.6) is 0 Å². The van der Waals surface area contributed by atoms with Crippen molar-refractivity contribution < 1.29 is 4.42 Å². The van der Waals surface area contributed by atoms with Gasteiger partial charge in [-0.1, -0.05) is 91.9 Å². The summed E-state index contributed by atoms with van der Waals surface area (Å²) in [4.78, 5) is 2.95. The maximum absolute atomic E-state index is 6.62. The molecule has 43 heavy (non-hydrogen) atoms. The Morgan fingerprint density at radius 2 is 1.44 bits per heavy atom. The summed E-state index contributed by atoms with van der Waals surface area (Å²) < 4.78 is 9.23. The van der Waals surface area contributed by atoms with Gasteiger partial charge in [0.1, 0.15) is 11.2 Å². The van der Waals surface area contributed by atoms with Gasteiger partial charge in [-0.05, 0) is 87.2 Å². The van der Waals surface area contributed by atoms with Crippen LogP contribution < -0.4 is 0 Å². The first kappa shape index (κ1) is 24.0. The lowest BCUT2D eigenvalue weighted by Gasteiger charge is -2.52. The van der Waals surface area contributed by atoms with Gasteiger partial charge in [0.15, 0.2) is 0 Å². The summed E-state index contributed by atoms with van der Waals surface area (Å²) in [5.74, 6) is 0.468. The first-order chi connectivity index (χ1) is 21.0. The van der Waals surface area contributed by atoms with E-state index in [1.165, 1.54) is 70.3 Å². The van der Waals surface area contributed by atoms with E-state index >= 15 is 0 Å². The lowest BCUT2D eigenvalue weighted by atomic mass is 9.61. The largest absolute Gasteiger partial charge is 0.456 e. The molecule has 3 heteroatoms. The number of rotatable bonds is 0. The Labute approximate surface area is 252 Å². The zero-order chi connectivity index (χ0) is 28.7. The molecular weight excluding hydrogens is 543 g/mol. The van der Waals surface area contributed by atoms with Crippen molar-refractivity contribution in [2.45, 2.75) is 28.6 Å². The molecule has 1 aliphatic carbocycles. The van der Waals surface area contributed by atoms with E-state index in [2.05, 4.69) is 139 Å². The quantitative estimate of drug-likeness (QED) is 0.176. The smallest absolute Gasteiger partial charge is 0.135 e. The number of furan rings is 1. The topological polar surface area (TPSA) is 18.1 Å². The van der Waals surface area contributed by atoms with Crippen LogP contribution in [0.4, 0.5) is 0 Å². The number of allylic oxidation sites excluding steroid dienone is 4. The summed E-state index contributed by atoms with van der Waals surface area (Å²) in [6, 6.07) is 38.7. The molecule has 2 nitrogen and oxygen atoms in total. The third-order valence-corrected chi connectivity index (χ3v) is 13.4. The van der Waals surface area contributed by atoms with Crippen molar-refractivity contribution in [2.24, 2.45) is 5.92 Å². The van der Waals surface area contributed by atoms with Crippen LogP contribution in [-0.2, 0) is 5.41 Å². The second-order valence-electron chi connectivity index (χ2n) is 13.0. The van der Waals surface area contributed by atoms with Crippen molar-refractivity contribution in [3.63, 3.8) is 0 Å². The highest BCUT2D eigenvalue weighted by Gasteiger charge is 2.53. The number of para-hydroxylation sites is 3. The molecule has 0 saturated carbocycles. The van der Waals surface area contributed by atoms with Crippen LogP contribution in [0.25, 0.3) is 49.4 Å². The van der Waals surface area contributed by atoms with E-state index < -0.39 is 15.4 Å². The summed E-state index contributed by atoms with van der Waals surface area (Å²) in [6.45, 7) is 2.35. The number of fused-ring (bicyclic) bond motifs is 13. The molecule has 0 radical (unpaired) electrons. The van der Waals surface area contributed by atoms with Gasteiger partial charge in [0, 0.05) is 27.2 Å². The molecular formula is C40H31NOS. The summed E-state index contributed by atoms with van der Waals surface area (Å²) in [6.07, 6.45) is 10.9. The van der Waals surface area contributed by atoms with E-state index in [1.54, 1.807) is 0 Å². The molecule has 0 bridgehead atoms. The van der Waals surface area contributed by atoms with Crippen molar-refractivity contribution >= 4 is 59.5 Å². The zero-order valence-electron chi connectivity index (χ0n) is 24.5. The van der Waals surface area contributed by atoms with Gasteiger partial charge in [-0.2, -0.15) is 10.0 Å². The van der Waals surface area contributed by atoms with Crippen molar-refractivity contribution in [1.29, 1.82) is 0 Å². The third kappa shape index (κ3) is 2.74. The highest BCUT2D eigenvalue weighted by atomic mass is 32.3. The van der Waals surface area contributed by atoms with E-state index in [0.717, 1.165) is 17.6 Å². The summed E-state index contributed by atoms with van der Waals surface area (Å²) in [5, 5.41) is 5.07. The van der Waals surface area contributed by atoms with Gasteiger partial charge >= 0.3 is 0 Å². The maximum atomic E-state index is 6.62. The standard InChI is InChI=1S/C40H31NOS/c1-24-19-20-29-34(21-24)41-33-16-7-4-11-25(33)27-13-10-15-31(39(27)41)40(29)30-14-6-9-18-37(30)43(2,3)38-22-28-26-12-5-8-17-35(26)42-36(28)23-32(38)40/h4-20,22-24H,21H2,1-3H3.